The van der Waals surface area contributed by atoms with E-state index in [1.807, 2.05) is 0 Å². The molecule has 0 aliphatic carbocycles. The van der Waals surface area contributed by atoms with Gasteiger partial charge in [-0.3, -0.25) is 9.59 Å². The summed E-state index contributed by atoms with van der Waals surface area (Å²) in [7, 11) is 1.15. The number of esters is 1. The zero-order valence-corrected chi connectivity index (χ0v) is 11.7. The fourth-order valence-corrected chi connectivity index (χ4v) is 2.58. The summed E-state index contributed by atoms with van der Waals surface area (Å²) in [6.07, 6.45) is -0.416. The smallest absolute Gasteiger partial charge is 0.326 e. The number of ether oxygens (including phenoxy) is 1. The van der Waals surface area contributed by atoms with Crippen LogP contribution in [-0.4, -0.2) is 36.1 Å². The van der Waals surface area contributed by atoms with E-state index in [9.17, 15) is 14.4 Å². The molecule has 8 heteroatoms. The molecular formula is C10H10BrNO5S. The topological polar surface area (TPSA) is 92.7 Å². The summed E-state index contributed by atoms with van der Waals surface area (Å²) >= 11 is 4.34. The second kappa shape index (κ2) is 6.50. The van der Waals surface area contributed by atoms with Crippen LogP contribution >= 0.6 is 27.3 Å². The van der Waals surface area contributed by atoms with Crippen LogP contribution < -0.4 is 5.32 Å². The van der Waals surface area contributed by atoms with Gasteiger partial charge in [-0.1, -0.05) is 0 Å². The minimum absolute atomic E-state index is 0.353. The zero-order chi connectivity index (χ0) is 13.7. The summed E-state index contributed by atoms with van der Waals surface area (Å²) in [5, 5.41) is 12.9. The van der Waals surface area contributed by atoms with E-state index >= 15 is 0 Å². The maximum atomic E-state index is 11.8. The summed E-state index contributed by atoms with van der Waals surface area (Å²) in [5.41, 5.74) is 0. The number of hydrogen-bond acceptors (Lipinski definition) is 5. The number of methoxy groups -OCH3 is 1. The molecule has 0 aliphatic heterocycles. The number of aliphatic carboxylic acids is 1. The molecule has 0 aliphatic rings. The van der Waals surface area contributed by atoms with E-state index < -0.39 is 30.3 Å². The highest BCUT2D eigenvalue weighted by molar-refractivity contribution is 9.10. The molecule has 6 nitrogen and oxygen atoms in total. The van der Waals surface area contributed by atoms with Gasteiger partial charge in [0.2, 0.25) is 0 Å². The summed E-state index contributed by atoms with van der Waals surface area (Å²) in [6.45, 7) is 0. The van der Waals surface area contributed by atoms with E-state index in [4.69, 9.17) is 5.11 Å². The Balaban J connectivity index is 2.73. The number of thiophene rings is 1. The van der Waals surface area contributed by atoms with Gasteiger partial charge in [0.25, 0.3) is 5.91 Å². The molecule has 0 spiro atoms. The number of carboxylic acids is 1. The van der Waals surface area contributed by atoms with E-state index in [0.29, 0.717) is 9.35 Å². The summed E-state index contributed by atoms with van der Waals surface area (Å²) < 4.78 is 4.94. The van der Waals surface area contributed by atoms with Crippen molar-refractivity contribution in [2.45, 2.75) is 12.5 Å². The number of halogens is 1. The second-order valence-electron chi connectivity index (χ2n) is 3.24. The SMILES string of the molecule is COC(=O)C[C@H](NC(=O)c1sccc1Br)C(=O)O. The van der Waals surface area contributed by atoms with Crippen LogP contribution in [-0.2, 0) is 14.3 Å². The van der Waals surface area contributed by atoms with E-state index in [1.54, 1.807) is 11.4 Å². The fourth-order valence-electron chi connectivity index (χ4n) is 1.13. The highest BCUT2D eigenvalue weighted by atomic mass is 79.9. The van der Waals surface area contributed by atoms with Crippen LogP contribution in [0.25, 0.3) is 0 Å². The van der Waals surface area contributed by atoms with Crippen molar-refractivity contribution in [1.29, 1.82) is 0 Å². The Morgan fingerprint density at radius 2 is 2.22 bits per heavy atom. The Morgan fingerprint density at radius 3 is 2.67 bits per heavy atom. The van der Waals surface area contributed by atoms with Crippen molar-refractivity contribution in [3.05, 3.63) is 20.8 Å². The number of nitrogens with one attached hydrogen (secondary N) is 1. The third kappa shape index (κ3) is 3.81. The van der Waals surface area contributed by atoms with Crippen LogP contribution in [0, 0.1) is 0 Å². The molecule has 0 saturated heterocycles. The quantitative estimate of drug-likeness (QED) is 0.790. The van der Waals surface area contributed by atoms with Gasteiger partial charge in [0.1, 0.15) is 10.9 Å². The summed E-state index contributed by atoms with van der Waals surface area (Å²) in [5.74, 6) is -2.54. The Morgan fingerprint density at radius 1 is 1.56 bits per heavy atom. The van der Waals surface area contributed by atoms with E-state index in [2.05, 4.69) is 26.0 Å². The molecular weight excluding hydrogens is 326 g/mol. The van der Waals surface area contributed by atoms with Crippen LogP contribution in [0.15, 0.2) is 15.9 Å². The lowest BCUT2D eigenvalue weighted by molar-refractivity contribution is -0.147. The van der Waals surface area contributed by atoms with Crippen molar-refractivity contribution in [2.24, 2.45) is 0 Å². The number of carbonyl (C=O) groups excluding carboxylic acids is 2. The number of carboxylic acid groups (broad SMARTS) is 1. The average Bonchev–Trinajstić information content (AvgIpc) is 2.74. The van der Waals surface area contributed by atoms with Crippen LogP contribution in [0.3, 0.4) is 0 Å². The fraction of sp³-hybridized carbons (Fsp3) is 0.300. The Kier molecular flexibility index (Phi) is 5.29. The van der Waals surface area contributed by atoms with Crippen molar-refractivity contribution in [2.75, 3.05) is 7.11 Å². The van der Waals surface area contributed by atoms with Gasteiger partial charge in [-0.25, -0.2) is 4.79 Å². The lowest BCUT2D eigenvalue weighted by atomic mass is 10.2. The Bertz CT molecular complexity index is 473. The van der Waals surface area contributed by atoms with Crippen molar-refractivity contribution >= 4 is 45.1 Å². The highest BCUT2D eigenvalue weighted by Gasteiger charge is 2.25. The van der Waals surface area contributed by atoms with Crippen LogP contribution in [0.4, 0.5) is 0 Å². The van der Waals surface area contributed by atoms with Gasteiger partial charge >= 0.3 is 11.9 Å². The first-order valence-electron chi connectivity index (χ1n) is 4.79. The summed E-state index contributed by atoms with van der Waals surface area (Å²) in [4.78, 5) is 34.0. The Hall–Kier alpha value is -1.41. The van der Waals surface area contributed by atoms with Gasteiger partial charge in [-0.05, 0) is 27.4 Å². The maximum Gasteiger partial charge on any atom is 0.326 e. The third-order valence-corrected chi connectivity index (χ3v) is 3.86. The van der Waals surface area contributed by atoms with Gasteiger partial charge in [0.05, 0.1) is 13.5 Å². The van der Waals surface area contributed by atoms with Gasteiger partial charge in [0.15, 0.2) is 0 Å². The molecule has 0 unspecified atom stereocenters. The van der Waals surface area contributed by atoms with Crippen LogP contribution in [0.2, 0.25) is 0 Å². The molecule has 0 aromatic carbocycles. The van der Waals surface area contributed by atoms with E-state index in [0.717, 1.165) is 7.11 Å². The third-order valence-electron chi connectivity index (χ3n) is 2.03. The molecule has 0 saturated carbocycles. The minimum Gasteiger partial charge on any atom is -0.480 e. The molecule has 1 atom stereocenters. The maximum absolute atomic E-state index is 11.8. The molecule has 1 amide bonds. The largest absolute Gasteiger partial charge is 0.480 e. The van der Waals surface area contributed by atoms with Crippen molar-refractivity contribution < 1.29 is 24.2 Å². The normalized spacial score (nSPS) is 11.7. The zero-order valence-electron chi connectivity index (χ0n) is 9.31. The number of carbonyl (C=O) groups is 3. The minimum atomic E-state index is -1.31. The second-order valence-corrected chi connectivity index (χ2v) is 5.01. The lowest BCUT2D eigenvalue weighted by Crippen LogP contribution is -2.42. The first kappa shape index (κ1) is 14.7. The average molecular weight is 336 g/mol. The molecule has 0 bridgehead atoms. The van der Waals surface area contributed by atoms with Crippen molar-refractivity contribution in [3.8, 4) is 0 Å². The number of amides is 1. The predicted octanol–water partition coefficient (Wildman–Crippen LogP) is 1.26. The predicted molar refractivity (Wildman–Crippen MR) is 67.5 cm³/mol. The van der Waals surface area contributed by atoms with Gasteiger partial charge in [0, 0.05) is 4.47 Å². The molecule has 1 aromatic heterocycles. The molecule has 0 fully saturated rings. The van der Waals surface area contributed by atoms with E-state index in [-0.39, 0.29) is 0 Å². The molecule has 2 N–H and O–H groups in total. The van der Waals surface area contributed by atoms with Crippen molar-refractivity contribution in [3.63, 3.8) is 0 Å². The van der Waals surface area contributed by atoms with Gasteiger partial charge in [-0.2, -0.15) is 0 Å². The van der Waals surface area contributed by atoms with Crippen LogP contribution in [0.5, 0.6) is 0 Å². The Labute approximate surface area is 115 Å². The highest BCUT2D eigenvalue weighted by Crippen LogP contribution is 2.22. The molecule has 98 valence electrons. The molecule has 1 aromatic rings. The van der Waals surface area contributed by atoms with Gasteiger partial charge < -0.3 is 15.2 Å². The molecule has 0 radical (unpaired) electrons. The monoisotopic (exact) mass is 335 g/mol. The standard InChI is InChI=1S/C10H10BrNO5S/c1-17-7(13)4-6(10(15)16)12-9(14)8-5(11)2-3-18-8/h2-3,6H,4H2,1H3,(H,12,14)(H,15,16)/t6-/m0/s1. The van der Waals surface area contributed by atoms with Crippen molar-refractivity contribution in [1.82, 2.24) is 5.32 Å². The first-order chi connectivity index (χ1) is 8.45. The lowest BCUT2D eigenvalue weighted by Gasteiger charge is -2.12. The van der Waals surface area contributed by atoms with E-state index in [1.165, 1.54) is 11.3 Å². The first-order valence-corrected chi connectivity index (χ1v) is 6.46. The summed E-state index contributed by atoms with van der Waals surface area (Å²) in [6, 6.07) is 0.370. The molecule has 1 rings (SSSR count). The molecule has 18 heavy (non-hydrogen) atoms. The van der Waals surface area contributed by atoms with Crippen LogP contribution in [0.1, 0.15) is 16.1 Å². The number of rotatable bonds is 5. The van der Waals surface area contributed by atoms with Gasteiger partial charge in [-0.15, -0.1) is 11.3 Å². The number of hydrogen-bond donors (Lipinski definition) is 2. The molecule has 1 heterocycles.